The predicted octanol–water partition coefficient (Wildman–Crippen LogP) is 2.54. The minimum absolute atomic E-state index is 0.0170. The van der Waals surface area contributed by atoms with Crippen molar-refractivity contribution in [2.24, 2.45) is 5.92 Å². The number of anilines is 1. The Kier molecular flexibility index (Phi) is 3.69. The van der Waals surface area contributed by atoms with Gasteiger partial charge in [0.05, 0.1) is 5.92 Å². The zero-order valence-electron chi connectivity index (χ0n) is 8.59. The first-order chi connectivity index (χ1) is 7.65. The van der Waals surface area contributed by atoms with E-state index in [0.717, 1.165) is 19.5 Å². The number of amides is 1. The third kappa shape index (κ3) is 2.88. The summed E-state index contributed by atoms with van der Waals surface area (Å²) in [7, 11) is 0. The minimum atomic E-state index is 0.0170. The van der Waals surface area contributed by atoms with Gasteiger partial charge in [0.15, 0.2) is 0 Å². The van der Waals surface area contributed by atoms with Crippen molar-refractivity contribution in [3.05, 3.63) is 28.2 Å². The molecule has 5 heteroatoms. The first kappa shape index (κ1) is 11.7. The molecule has 1 aliphatic rings. The van der Waals surface area contributed by atoms with Crippen LogP contribution in [0.1, 0.15) is 6.42 Å². The van der Waals surface area contributed by atoms with Crippen LogP contribution in [0.25, 0.3) is 0 Å². The van der Waals surface area contributed by atoms with E-state index in [0.29, 0.717) is 15.7 Å². The molecule has 1 amide bonds. The highest BCUT2D eigenvalue weighted by molar-refractivity contribution is 6.35. The number of halogens is 2. The Morgan fingerprint density at radius 2 is 2.00 bits per heavy atom. The molecule has 1 saturated heterocycles. The molecule has 16 heavy (non-hydrogen) atoms. The number of hydrogen-bond donors (Lipinski definition) is 2. The van der Waals surface area contributed by atoms with E-state index in [1.54, 1.807) is 18.2 Å². The number of nitrogens with one attached hydrogen (secondary N) is 2. The highest BCUT2D eigenvalue weighted by atomic mass is 35.5. The van der Waals surface area contributed by atoms with Crippen molar-refractivity contribution in [1.29, 1.82) is 0 Å². The second-order valence-corrected chi connectivity index (χ2v) is 4.71. The Balaban J connectivity index is 2.05. The predicted molar refractivity (Wildman–Crippen MR) is 66.1 cm³/mol. The van der Waals surface area contributed by atoms with E-state index in [-0.39, 0.29) is 11.8 Å². The third-order valence-electron chi connectivity index (χ3n) is 2.56. The van der Waals surface area contributed by atoms with Crippen LogP contribution in [0.3, 0.4) is 0 Å². The van der Waals surface area contributed by atoms with Crippen molar-refractivity contribution in [1.82, 2.24) is 5.32 Å². The van der Waals surface area contributed by atoms with E-state index >= 15 is 0 Å². The molecule has 1 aromatic rings. The van der Waals surface area contributed by atoms with Crippen molar-refractivity contribution < 1.29 is 4.79 Å². The molecule has 0 aliphatic carbocycles. The lowest BCUT2D eigenvalue weighted by atomic mass is 10.1. The van der Waals surface area contributed by atoms with Crippen LogP contribution in [-0.4, -0.2) is 19.0 Å². The van der Waals surface area contributed by atoms with E-state index in [1.165, 1.54) is 0 Å². The monoisotopic (exact) mass is 258 g/mol. The van der Waals surface area contributed by atoms with Gasteiger partial charge in [-0.2, -0.15) is 0 Å². The second kappa shape index (κ2) is 5.04. The van der Waals surface area contributed by atoms with Gasteiger partial charge in [-0.25, -0.2) is 0 Å². The molecule has 2 N–H and O–H groups in total. The van der Waals surface area contributed by atoms with E-state index in [4.69, 9.17) is 23.2 Å². The van der Waals surface area contributed by atoms with Crippen LogP contribution in [0.15, 0.2) is 18.2 Å². The van der Waals surface area contributed by atoms with Crippen LogP contribution in [-0.2, 0) is 4.79 Å². The van der Waals surface area contributed by atoms with Gasteiger partial charge in [0.25, 0.3) is 0 Å². The van der Waals surface area contributed by atoms with Gasteiger partial charge in [0.2, 0.25) is 5.91 Å². The van der Waals surface area contributed by atoms with E-state index in [2.05, 4.69) is 10.6 Å². The lowest BCUT2D eigenvalue weighted by Crippen LogP contribution is -2.24. The molecule has 0 spiro atoms. The summed E-state index contributed by atoms with van der Waals surface area (Å²) in [6, 6.07) is 5.01. The smallest absolute Gasteiger partial charge is 0.228 e. The summed E-state index contributed by atoms with van der Waals surface area (Å²) in [5.74, 6) is 0.0566. The number of carbonyl (C=O) groups excluding carboxylic acids is 1. The first-order valence-electron chi connectivity index (χ1n) is 5.13. The lowest BCUT2D eigenvalue weighted by molar-refractivity contribution is -0.119. The van der Waals surface area contributed by atoms with Crippen molar-refractivity contribution in [2.75, 3.05) is 18.4 Å². The molecule has 1 atom stereocenters. The molecule has 1 fully saturated rings. The molecule has 1 aliphatic heterocycles. The highest BCUT2D eigenvalue weighted by Gasteiger charge is 2.22. The normalized spacial score (nSPS) is 19.8. The molecule has 1 heterocycles. The number of hydrogen-bond acceptors (Lipinski definition) is 2. The van der Waals surface area contributed by atoms with Crippen LogP contribution in [0.2, 0.25) is 10.0 Å². The molecule has 1 unspecified atom stereocenters. The van der Waals surface area contributed by atoms with Crippen molar-refractivity contribution in [3.8, 4) is 0 Å². The third-order valence-corrected chi connectivity index (χ3v) is 3.00. The Labute approximate surface area is 104 Å². The second-order valence-electron chi connectivity index (χ2n) is 3.84. The van der Waals surface area contributed by atoms with Crippen LogP contribution < -0.4 is 10.6 Å². The lowest BCUT2D eigenvalue weighted by Gasteiger charge is -2.10. The summed E-state index contributed by atoms with van der Waals surface area (Å²) in [6.45, 7) is 1.63. The molecule has 3 nitrogen and oxygen atoms in total. The SMILES string of the molecule is O=C(Nc1cc(Cl)cc(Cl)c1)C1CCNC1. The van der Waals surface area contributed by atoms with Crippen LogP contribution >= 0.6 is 23.2 Å². The van der Waals surface area contributed by atoms with Gasteiger partial charge in [-0.05, 0) is 31.2 Å². The van der Waals surface area contributed by atoms with Crippen LogP contribution in [0, 0.1) is 5.92 Å². The Bertz CT molecular complexity index is 383. The maximum Gasteiger partial charge on any atom is 0.228 e. The molecular weight excluding hydrogens is 247 g/mol. The van der Waals surface area contributed by atoms with Crippen molar-refractivity contribution in [2.45, 2.75) is 6.42 Å². The molecule has 0 aromatic heterocycles. The number of carbonyl (C=O) groups is 1. The molecule has 0 bridgehead atoms. The highest BCUT2D eigenvalue weighted by Crippen LogP contribution is 2.23. The maximum absolute atomic E-state index is 11.8. The molecule has 1 aromatic carbocycles. The Morgan fingerprint density at radius 1 is 1.31 bits per heavy atom. The first-order valence-corrected chi connectivity index (χ1v) is 5.88. The molecular formula is C11H12Cl2N2O. The maximum atomic E-state index is 11.8. The van der Waals surface area contributed by atoms with E-state index < -0.39 is 0 Å². The van der Waals surface area contributed by atoms with Gasteiger partial charge < -0.3 is 10.6 Å². The van der Waals surface area contributed by atoms with Crippen LogP contribution in [0.4, 0.5) is 5.69 Å². The minimum Gasteiger partial charge on any atom is -0.326 e. The summed E-state index contributed by atoms with van der Waals surface area (Å²) in [4.78, 5) is 11.8. The summed E-state index contributed by atoms with van der Waals surface area (Å²) in [5, 5.41) is 7.01. The van der Waals surface area contributed by atoms with Crippen molar-refractivity contribution in [3.63, 3.8) is 0 Å². The fourth-order valence-corrected chi connectivity index (χ4v) is 2.27. The Hall–Kier alpha value is -0.770. The van der Waals surface area contributed by atoms with Crippen LogP contribution in [0.5, 0.6) is 0 Å². The summed E-state index contributed by atoms with van der Waals surface area (Å²) in [6.07, 6.45) is 0.875. The average Bonchev–Trinajstić information content (AvgIpc) is 2.68. The summed E-state index contributed by atoms with van der Waals surface area (Å²) < 4.78 is 0. The number of rotatable bonds is 2. The van der Waals surface area contributed by atoms with E-state index in [9.17, 15) is 4.79 Å². The zero-order valence-corrected chi connectivity index (χ0v) is 10.1. The average molecular weight is 259 g/mol. The fraction of sp³-hybridized carbons (Fsp3) is 0.364. The quantitative estimate of drug-likeness (QED) is 0.856. The molecule has 0 saturated carbocycles. The van der Waals surface area contributed by atoms with Gasteiger partial charge in [0.1, 0.15) is 0 Å². The Morgan fingerprint density at radius 3 is 2.56 bits per heavy atom. The van der Waals surface area contributed by atoms with Gasteiger partial charge in [-0.3, -0.25) is 4.79 Å². The molecule has 0 radical (unpaired) electrons. The van der Waals surface area contributed by atoms with Gasteiger partial charge in [-0.1, -0.05) is 23.2 Å². The fourth-order valence-electron chi connectivity index (χ4n) is 1.75. The molecule has 2 rings (SSSR count). The zero-order chi connectivity index (χ0) is 11.5. The van der Waals surface area contributed by atoms with Crippen molar-refractivity contribution >= 4 is 34.8 Å². The standard InChI is InChI=1S/C11H12Cl2N2O/c12-8-3-9(13)5-10(4-8)15-11(16)7-1-2-14-6-7/h3-5,7,14H,1-2,6H2,(H,15,16). The van der Waals surface area contributed by atoms with E-state index in [1.807, 2.05) is 0 Å². The van der Waals surface area contributed by atoms with Gasteiger partial charge >= 0.3 is 0 Å². The number of benzene rings is 1. The molecule has 86 valence electrons. The summed E-state index contributed by atoms with van der Waals surface area (Å²) in [5.41, 5.74) is 0.648. The van der Waals surface area contributed by atoms with Gasteiger partial charge in [0, 0.05) is 22.3 Å². The topological polar surface area (TPSA) is 41.1 Å². The summed E-state index contributed by atoms with van der Waals surface area (Å²) >= 11 is 11.7. The largest absolute Gasteiger partial charge is 0.326 e. The van der Waals surface area contributed by atoms with Gasteiger partial charge in [-0.15, -0.1) is 0 Å².